The first-order valence-corrected chi connectivity index (χ1v) is 9.31. The van der Waals surface area contributed by atoms with Crippen LogP contribution in [0.15, 0.2) is 30.5 Å². The molecule has 0 saturated carbocycles. The Morgan fingerprint density at radius 2 is 1.87 bits per heavy atom. The van der Waals surface area contributed by atoms with Crippen LogP contribution in [0.5, 0.6) is 0 Å². The third-order valence-electron chi connectivity index (χ3n) is 4.58. The molecule has 1 N–H and O–H groups in total. The lowest BCUT2D eigenvalue weighted by Gasteiger charge is -2.28. The van der Waals surface area contributed by atoms with Gasteiger partial charge < -0.3 is 15.0 Å². The summed E-state index contributed by atoms with van der Waals surface area (Å²) < 4.78 is 45.2. The molecule has 0 bridgehead atoms. The number of hydrogen-bond acceptors (Lipinski definition) is 6. The average Bonchev–Trinajstić information content (AvgIpc) is 3.09. The molecule has 1 amide bonds. The van der Waals surface area contributed by atoms with Crippen molar-refractivity contribution in [2.75, 3.05) is 36.5 Å². The Balaban J connectivity index is 1.80. The molecule has 158 valence electrons. The van der Waals surface area contributed by atoms with Crippen molar-refractivity contribution in [2.45, 2.75) is 19.6 Å². The van der Waals surface area contributed by atoms with Gasteiger partial charge in [0.15, 0.2) is 11.5 Å². The lowest BCUT2D eigenvalue weighted by molar-refractivity contribution is -0.141. The molecule has 0 spiro atoms. The maximum atomic E-state index is 13.0. The number of morpholine rings is 1. The molecule has 8 nitrogen and oxygen atoms in total. The molecule has 0 atom stereocenters. The molecule has 2 aromatic heterocycles. The number of fused-ring (bicyclic) bond motifs is 1. The van der Waals surface area contributed by atoms with Gasteiger partial charge >= 0.3 is 6.18 Å². The summed E-state index contributed by atoms with van der Waals surface area (Å²) in [4.78, 5) is 22.2. The molecule has 1 aromatic carbocycles. The Hall–Kier alpha value is -3.21. The van der Waals surface area contributed by atoms with Gasteiger partial charge in [-0.2, -0.15) is 18.3 Å². The summed E-state index contributed by atoms with van der Waals surface area (Å²) in [5, 5.41) is 7.03. The minimum atomic E-state index is -4.43. The van der Waals surface area contributed by atoms with Crippen molar-refractivity contribution in [3.8, 4) is 11.4 Å². The Kier molecular flexibility index (Phi) is 5.29. The molecule has 1 saturated heterocycles. The molecule has 1 aliphatic rings. The van der Waals surface area contributed by atoms with E-state index in [1.54, 1.807) is 24.3 Å². The van der Waals surface area contributed by atoms with E-state index in [0.717, 1.165) is 4.68 Å². The number of halogens is 3. The molecule has 1 aliphatic heterocycles. The van der Waals surface area contributed by atoms with E-state index in [1.807, 2.05) is 4.90 Å². The number of carbonyl (C=O) groups excluding carboxylic acids is 1. The number of anilines is 2. The number of nitrogens with one attached hydrogen (secondary N) is 1. The van der Waals surface area contributed by atoms with E-state index in [0.29, 0.717) is 48.8 Å². The van der Waals surface area contributed by atoms with E-state index in [4.69, 9.17) is 4.74 Å². The first kappa shape index (κ1) is 20.1. The fourth-order valence-electron chi connectivity index (χ4n) is 3.28. The van der Waals surface area contributed by atoms with Crippen LogP contribution >= 0.6 is 0 Å². The normalized spacial score (nSPS) is 14.9. The third-order valence-corrected chi connectivity index (χ3v) is 4.58. The van der Waals surface area contributed by atoms with Gasteiger partial charge in [0.05, 0.1) is 24.8 Å². The van der Waals surface area contributed by atoms with Crippen molar-refractivity contribution in [1.29, 1.82) is 0 Å². The van der Waals surface area contributed by atoms with Gasteiger partial charge in [-0.05, 0) is 24.3 Å². The van der Waals surface area contributed by atoms with Gasteiger partial charge in [0.2, 0.25) is 5.91 Å². The Labute approximate surface area is 169 Å². The number of amides is 1. The number of aromatic nitrogens is 4. The predicted molar refractivity (Wildman–Crippen MR) is 104 cm³/mol. The van der Waals surface area contributed by atoms with Gasteiger partial charge in [0.25, 0.3) is 0 Å². The number of alkyl halides is 3. The van der Waals surface area contributed by atoms with Crippen molar-refractivity contribution in [1.82, 2.24) is 19.7 Å². The van der Waals surface area contributed by atoms with Gasteiger partial charge in [-0.3, -0.25) is 4.79 Å². The minimum Gasteiger partial charge on any atom is -0.378 e. The van der Waals surface area contributed by atoms with Crippen LogP contribution in [0.4, 0.5) is 24.7 Å². The summed E-state index contributed by atoms with van der Waals surface area (Å²) in [5.41, 5.74) is 1.33. The van der Waals surface area contributed by atoms with Crippen molar-refractivity contribution in [3.63, 3.8) is 0 Å². The molecule has 3 aromatic rings. The fraction of sp³-hybridized carbons (Fsp3) is 0.368. The molecule has 11 heteroatoms. The van der Waals surface area contributed by atoms with Crippen molar-refractivity contribution in [3.05, 3.63) is 30.5 Å². The quantitative estimate of drug-likeness (QED) is 0.699. The molecule has 30 heavy (non-hydrogen) atoms. The van der Waals surface area contributed by atoms with Crippen LogP contribution < -0.4 is 10.2 Å². The highest BCUT2D eigenvalue weighted by molar-refractivity contribution is 5.90. The molecule has 0 radical (unpaired) electrons. The van der Waals surface area contributed by atoms with Crippen LogP contribution in [0.3, 0.4) is 0 Å². The summed E-state index contributed by atoms with van der Waals surface area (Å²) in [7, 11) is 0. The van der Waals surface area contributed by atoms with Crippen LogP contribution in [0.2, 0.25) is 0 Å². The van der Waals surface area contributed by atoms with Gasteiger partial charge in [-0.15, -0.1) is 0 Å². The number of rotatable bonds is 4. The van der Waals surface area contributed by atoms with E-state index >= 15 is 0 Å². The first-order chi connectivity index (χ1) is 14.3. The van der Waals surface area contributed by atoms with Crippen molar-refractivity contribution < 1.29 is 22.7 Å². The van der Waals surface area contributed by atoms with Crippen LogP contribution in [-0.2, 0) is 16.1 Å². The molecule has 3 heterocycles. The van der Waals surface area contributed by atoms with Crippen molar-refractivity contribution >= 4 is 28.4 Å². The average molecular weight is 420 g/mol. The predicted octanol–water partition coefficient (Wildman–Crippen LogP) is 2.85. The molecule has 0 unspecified atom stereocenters. The second kappa shape index (κ2) is 7.90. The number of ether oxygens (including phenoxy) is 1. The molecule has 1 fully saturated rings. The minimum absolute atomic E-state index is 0.116. The number of benzene rings is 1. The maximum absolute atomic E-state index is 13.0. The van der Waals surface area contributed by atoms with Crippen LogP contribution in [0, 0.1) is 0 Å². The first-order valence-electron chi connectivity index (χ1n) is 9.31. The zero-order valence-electron chi connectivity index (χ0n) is 16.1. The monoisotopic (exact) mass is 420 g/mol. The van der Waals surface area contributed by atoms with E-state index in [9.17, 15) is 18.0 Å². The lowest BCUT2D eigenvalue weighted by Crippen LogP contribution is -2.37. The van der Waals surface area contributed by atoms with Crippen molar-refractivity contribution in [2.24, 2.45) is 0 Å². The number of nitrogens with zero attached hydrogens (tertiary/aromatic N) is 5. The summed E-state index contributed by atoms with van der Waals surface area (Å²) in [6.07, 6.45) is -3.06. The van der Waals surface area contributed by atoms with Gasteiger partial charge in [0, 0.05) is 31.3 Å². The Bertz CT molecular complexity index is 1060. The number of hydrogen-bond donors (Lipinski definition) is 1. The van der Waals surface area contributed by atoms with Crippen LogP contribution in [0.25, 0.3) is 22.4 Å². The third kappa shape index (κ3) is 4.35. The summed E-state index contributed by atoms with van der Waals surface area (Å²) in [6.45, 7) is 2.30. The molecular weight excluding hydrogens is 401 g/mol. The standard InChI is InChI=1S/C19H19F3N6O2/c1-12(29)24-14-4-2-13(3-5-14)16-25-17(27-6-8-30-9-7-27)15-10-23-28(18(15)26-16)11-19(20,21)22/h2-5,10H,6-9,11H2,1H3,(H,24,29). The van der Waals surface area contributed by atoms with Crippen LogP contribution in [-0.4, -0.2) is 58.1 Å². The summed E-state index contributed by atoms with van der Waals surface area (Å²) in [5.74, 6) is 0.603. The summed E-state index contributed by atoms with van der Waals surface area (Å²) in [6, 6.07) is 6.79. The highest BCUT2D eigenvalue weighted by Gasteiger charge is 2.30. The smallest absolute Gasteiger partial charge is 0.378 e. The van der Waals surface area contributed by atoms with Gasteiger partial charge in [-0.1, -0.05) is 0 Å². The van der Waals surface area contributed by atoms with E-state index in [1.165, 1.54) is 13.1 Å². The molecule has 0 aliphatic carbocycles. The fourth-order valence-corrected chi connectivity index (χ4v) is 3.28. The van der Waals surface area contributed by atoms with E-state index in [2.05, 4.69) is 20.4 Å². The number of carbonyl (C=O) groups is 1. The van der Waals surface area contributed by atoms with Gasteiger partial charge in [0.1, 0.15) is 12.4 Å². The maximum Gasteiger partial charge on any atom is 0.408 e. The SMILES string of the molecule is CC(=O)Nc1ccc(-c2nc(N3CCOCC3)c3cnn(CC(F)(F)F)c3n2)cc1. The second-order valence-electron chi connectivity index (χ2n) is 6.88. The van der Waals surface area contributed by atoms with Gasteiger partial charge in [-0.25, -0.2) is 14.6 Å². The highest BCUT2D eigenvalue weighted by atomic mass is 19.4. The van der Waals surface area contributed by atoms with E-state index in [-0.39, 0.29) is 17.4 Å². The largest absolute Gasteiger partial charge is 0.408 e. The molecular formula is C19H19F3N6O2. The second-order valence-corrected chi connectivity index (χ2v) is 6.88. The summed E-state index contributed by atoms with van der Waals surface area (Å²) >= 11 is 0. The van der Waals surface area contributed by atoms with E-state index < -0.39 is 12.7 Å². The molecule has 4 rings (SSSR count). The zero-order valence-corrected chi connectivity index (χ0v) is 16.1. The van der Waals surface area contributed by atoms with Crippen LogP contribution in [0.1, 0.15) is 6.92 Å². The lowest BCUT2D eigenvalue weighted by atomic mass is 10.2. The zero-order chi connectivity index (χ0) is 21.3. The highest BCUT2D eigenvalue weighted by Crippen LogP contribution is 2.30. The Morgan fingerprint density at radius 3 is 2.50 bits per heavy atom. The Morgan fingerprint density at radius 1 is 1.17 bits per heavy atom. The topological polar surface area (TPSA) is 85.2 Å².